The number of nitrogens with zero attached hydrogens (tertiary/aromatic N) is 1. The van der Waals surface area contributed by atoms with E-state index in [0.29, 0.717) is 6.04 Å². The maximum absolute atomic E-state index is 8.79. The van der Waals surface area contributed by atoms with Crippen molar-refractivity contribution in [2.45, 2.75) is 32.9 Å². The fourth-order valence-corrected chi connectivity index (χ4v) is 1.64. The van der Waals surface area contributed by atoms with Gasteiger partial charge in [0, 0.05) is 26.3 Å². The third-order valence-corrected chi connectivity index (χ3v) is 2.87. The highest BCUT2D eigenvalue weighted by Gasteiger charge is 2.03. The van der Waals surface area contributed by atoms with Crippen molar-refractivity contribution in [3.63, 3.8) is 0 Å². The lowest BCUT2D eigenvalue weighted by molar-refractivity contribution is 0.184. The SMILES string of the molecule is COCCC(C)NCc1ccc(C#N)cc1C. The van der Waals surface area contributed by atoms with Gasteiger partial charge in [-0.25, -0.2) is 0 Å². The number of methoxy groups -OCH3 is 1. The number of hydrogen-bond donors (Lipinski definition) is 1. The third-order valence-electron chi connectivity index (χ3n) is 2.87. The Morgan fingerprint density at radius 2 is 2.24 bits per heavy atom. The Morgan fingerprint density at radius 1 is 1.47 bits per heavy atom. The second kappa shape index (κ2) is 7.05. The smallest absolute Gasteiger partial charge is 0.0991 e. The lowest BCUT2D eigenvalue weighted by atomic mass is 10.1. The van der Waals surface area contributed by atoms with Gasteiger partial charge in [-0.15, -0.1) is 0 Å². The van der Waals surface area contributed by atoms with Crippen LogP contribution in [0.5, 0.6) is 0 Å². The summed E-state index contributed by atoms with van der Waals surface area (Å²) in [6, 6.07) is 8.40. The minimum Gasteiger partial charge on any atom is -0.385 e. The van der Waals surface area contributed by atoms with Crippen LogP contribution in [0.3, 0.4) is 0 Å². The predicted molar refractivity (Wildman–Crippen MR) is 68.7 cm³/mol. The fourth-order valence-electron chi connectivity index (χ4n) is 1.64. The maximum atomic E-state index is 8.79. The summed E-state index contributed by atoms with van der Waals surface area (Å²) in [7, 11) is 1.72. The van der Waals surface area contributed by atoms with Crippen LogP contribution in [0.1, 0.15) is 30.0 Å². The predicted octanol–water partition coefficient (Wildman–Crippen LogP) is 2.38. The van der Waals surface area contributed by atoms with Crippen molar-refractivity contribution in [3.05, 3.63) is 34.9 Å². The highest BCUT2D eigenvalue weighted by molar-refractivity contribution is 5.37. The largest absolute Gasteiger partial charge is 0.385 e. The van der Waals surface area contributed by atoms with Crippen LogP contribution in [0.4, 0.5) is 0 Å². The molecule has 1 atom stereocenters. The Kier molecular flexibility index (Phi) is 5.68. The van der Waals surface area contributed by atoms with E-state index in [1.165, 1.54) is 5.56 Å². The first kappa shape index (κ1) is 13.7. The van der Waals surface area contributed by atoms with Crippen molar-refractivity contribution in [1.82, 2.24) is 5.32 Å². The molecule has 0 saturated carbocycles. The number of nitriles is 1. The first-order valence-corrected chi connectivity index (χ1v) is 5.89. The molecule has 1 unspecified atom stereocenters. The highest BCUT2D eigenvalue weighted by Crippen LogP contribution is 2.10. The second-order valence-electron chi connectivity index (χ2n) is 4.32. The average Bonchev–Trinajstić information content (AvgIpc) is 2.34. The topological polar surface area (TPSA) is 45.0 Å². The molecule has 0 spiro atoms. The van der Waals surface area contributed by atoms with Crippen LogP contribution in [-0.4, -0.2) is 19.8 Å². The summed E-state index contributed by atoms with van der Waals surface area (Å²) in [6.45, 7) is 5.80. The molecular formula is C14H20N2O. The Hall–Kier alpha value is -1.37. The second-order valence-corrected chi connectivity index (χ2v) is 4.32. The van der Waals surface area contributed by atoms with E-state index in [0.717, 1.165) is 30.7 Å². The fraction of sp³-hybridized carbons (Fsp3) is 0.500. The van der Waals surface area contributed by atoms with E-state index in [1.54, 1.807) is 7.11 Å². The molecule has 0 fully saturated rings. The molecule has 0 saturated heterocycles. The summed E-state index contributed by atoms with van der Waals surface area (Å²) in [5.41, 5.74) is 3.13. The molecule has 3 nitrogen and oxygen atoms in total. The van der Waals surface area contributed by atoms with Crippen molar-refractivity contribution >= 4 is 0 Å². The highest BCUT2D eigenvalue weighted by atomic mass is 16.5. The van der Waals surface area contributed by atoms with Crippen molar-refractivity contribution in [2.24, 2.45) is 0 Å². The molecule has 1 rings (SSSR count). The molecule has 0 aromatic heterocycles. The first-order chi connectivity index (χ1) is 8.17. The molecular weight excluding hydrogens is 212 g/mol. The van der Waals surface area contributed by atoms with Gasteiger partial charge < -0.3 is 10.1 Å². The van der Waals surface area contributed by atoms with E-state index in [1.807, 2.05) is 25.1 Å². The van der Waals surface area contributed by atoms with E-state index < -0.39 is 0 Å². The first-order valence-electron chi connectivity index (χ1n) is 5.89. The Balaban J connectivity index is 2.49. The average molecular weight is 232 g/mol. The lowest BCUT2D eigenvalue weighted by Crippen LogP contribution is -2.26. The summed E-state index contributed by atoms with van der Waals surface area (Å²) >= 11 is 0. The molecule has 0 aliphatic heterocycles. The monoisotopic (exact) mass is 232 g/mol. The molecule has 0 amide bonds. The summed E-state index contributed by atoms with van der Waals surface area (Å²) in [4.78, 5) is 0. The molecule has 0 bridgehead atoms. The number of rotatable bonds is 6. The van der Waals surface area contributed by atoms with Gasteiger partial charge in [0.1, 0.15) is 0 Å². The van der Waals surface area contributed by atoms with Gasteiger partial charge in [0.05, 0.1) is 11.6 Å². The van der Waals surface area contributed by atoms with Gasteiger partial charge in [-0.1, -0.05) is 6.07 Å². The number of ether oxygens (including phenoxy) is 1. The summed E-state index contributed by atoms with van der Waals surface area (Å²) in [5.74, 6) is 0. The van der Waals surface area contributed by atoms with Crippen molar-refractivity contribution in [2.75, 3.05) is 13.7 Å². The summed E-state index contributed by atoms with van der Waals surface area (Å²) < 4.78 is 5.04. The van der Waals surface area contributed by atoms with E-state index >= 15 is 0 Å². The van der Waals surface area contributed by atoms with Crippen LogP contribution in [0.25, 0.3) is 0 Å². The molecule has 3 heteroatoms. The molecule has 92 valence electrons. The minimum atomic E-state index is 0.435. The van der Waals surface area contributed by atoms with Crippen molar-refractivity contribution in [1.29, 1.82) is 5.26 Å². The number of benzene rings is 1. The Bertz CT molecular complexity index is 396. The van der Waals surface area contributed by atoms with Crippen LogP contribution >= 0.6 is 0 Å². The zero-order valence-corrected chi connectivity index (χ0v) is 10.8. The molecule has 1 aromatic carbocycles. The van der Waals surface area contributed by atoms with Gasteiger partial charge in [-0.2, -0.15) is 5.26 Å². The van der Waals surface area contributed by atoms with E-state index in [4.69, 9.17) is 10.00 Å². The van der Waals surface area contributed by atoms with Gasteiger partial charge in [-0.3, -0.25) is 0 Å². The van der Waals surface area contributed by atoms with E-state index in [9.17, 15) is 0 Å². The van der Waals surface area contributed by atoms with Crippen LogP contribution in [0, 0.1) is 18.3 Å². The van der Waals surface area contributed by atoms with Crippen molar-refractivity contribution in [3.8, 4) is 6.07 Å². The van der Waals surface area contributed by atoms with Crippen LogP contribution in [0.15, 0.2) is 18.2 Å². The molecule has 0 aliphatic carbocycles. The molecule has 1 N–H and O–H groups in total. The molecule has 17 heavy (non-hydrogen) atoms. The van der Waals surface area contributed by atoms with E-state index in [2.05, 4.69) is 18.3 Å². The normalized spacial score (nSPS) is 12.1. The summed E-state index contributed by atoms with van der Waals surface area (Å²) in [6.07, 6.45) is 1.01. The molecule has 0 radical (unpaired) electrons. The van der Waals surface area contributed by atoms with Gasteiger partial charge in [0.15, 0.2) is 0 Å². The minimum absolute atomic E-state index is 0.435. The van der Waals surface area contributed by atoms with Crippen LogP contribution in [-0.2, 0) is 11.3 Å². The Morgan fingerprint density at radius 3 is 2.82 bits per heavy atom. The van der Waals surface area contributed by atoms with Crippen LogP contribution < -0.4 is 5.32 Å². The summed E-state index contributed by atoms with van der Waals surface area (Å²) in [5, 5.41) is 12.2. The van der Waals surface area contributed by atoms with E-state index in [-0.39, 0.29) is 0 Å². The van der Waals surface area contributed by atoms with Gasteiger partial charge in [0.25, 0.3) is 0 Å². The van der Waals surface area contributed by atoms with Gasteiger partial charge in [0.2, 0.25) is 0 Å². The molecule has 1 aromatic rings. The molecule has 0 aliphatic rings. The number of aryl methyl sites for hydroxylation is 1. The van der Waals surface area contributed by atoms with Gasteiger partial charge >= 0.3 is 0 Å². The van der Waals surface area contributed by atoms with Gasteiger partial charge in [-0.05, 0) is 43.5 Å². The number of hydrogen-bond acceptors (Lipinski definition) is 3. The lowest BCUT2D eigenvalue weighted by Gasteiger charge is -2.14. The number of nitrogens with one attached hydrogen (secondary N) is 1. The third kappa shape index (κ3) is 4.56. The Labute approximate surface area is 103 Å². The zero-order valence-electron chi connectivity index (χ0n) is 10.8. The quantitative estimate of drug-likeness (QED) is 0.819. The van der Waals surface area contributed by atoms with Crippen LogP contribution in [0.2, 0.25) is 0 Å². The maximum Gasteiger partial charge on any atom is 0.0991 e. The zero-order chi connectivity index (χ0) is 12.7. The standard InChI is InChI=1S/C14H20N2O/c1-11-8-13(9-15)4-5-14(11)10-16-12(2)6-7-17-3/h4-5,8,12,16H,6-7,10H2,1-3H3. The van der Waals surface area contributed by atoms with Crippen molar-refractivity contribution < 1.29 is 4.74 Å². The molecule has 0 heterocycles.